The first-order valence-corrected chi connectivity index (χ1v) is 4.59. The highest BCUT2D eigenvalue weighted by molar-refractivity contribution is 5.52. The van der Waals surface area contributed by atoms with Crippen LogP contribution in [0.1, 0.15) is 11.4 Å². The van der Waals surface area contributed by atoms with Gasteiger partial charge in [-0.3, -0.25) is 4.98 Å². The lowest BCUT2D eigenvalue weighted by atomic mass is 10.3. The molecule has 2 aromatic rings. The fraction of sp³-hybridized carbons (Fsp3) is 0. The van der Waals surface area contributed by atoms with Crippen LogP contribution < -0.4 is 0 Å². The molecule has 0 aliphatic carbocycles. The van der Waals surface area contributed by atoms with Crippen LogP contribution in [0.4, 0.5) is 0 Å². The third-order valence-corrected chi connectivity index (χ3v) is 1.78. The highest BCUT2D eigenvalue weighted by Crippen LogP contribution is 1.99. The molecule has 0 fully saturated rings. The van der Waals surface area contributed by atoms with Crippen molar-refractivity contribution in [2.24, 2.45) is 0 Å². The Morgan fingerprint density at radius 3 is 2.53 bits per heavy atom. The molecule has 0 amide bonds. The highest BCUT2D eigenvalue weighted by atomic mass is 16.3. The maximum atomic E-state index is 4.83. The Morgan fingerprint density at radius 1 is 1.00 bits per heavy atom. The molecule has 2 heterocycles. The molecular weight excluding hydrogens is 188 g/mol. The van der Waals surface area contributed by atoms with Crippen molar-refractivity contribution >= 4 is 12.2 Å². The minimum absolute atomic E-state index is 0.806. The fourth-order valence-electron chi connectivity index (χ4n) is 1.09. The zero-order valence-corrected chi connectivity index (χ0v) is 8.08. The van der Waals surface area contributed by atoms with Crippen molar-refractivity contribution in [2.45, 2.75) is 0 Å². The van der Waals surface area contributed by atoms with Gasteiger partial charge in [0.25, 0.3) is 0 Å². The first kappa shape index (κ1) is 9.40. The van der Waals surface area contributed by atoms with Crippen molar-refractivity contribution in [1.29, 1.82) is 0 Å². The molecule has 0 spiro atoms. The summed E-state index contributed by atoms with van der Waals surface area (Å²) in [5, 5.41) is 0. The van der Waals surface area contributed by atoms with E-state index in [-0.39, 0.29) is 0 Å². The lowest BCUT2D eigenvalue weighted by Gasteiger charge is -1.87. The van der Waals surface area contributed by atoms with Crippen LogP contribution in [-0.2, 0) is 0 Å². The number of hydrogen-bond donors (Lipinski definition) is 0. The van der Waals surface area contributed by atoms with E-state index < -0.39 is 0 Å². The molecule has 0 bridgehead atoms. The summed E-state index contributed by atoms with van der Waals surface area (Å²) in [6.45, 7) is 0. The Bertz CT molecular complexity index is 444. The summed E-state index contributed by atoms with van der Waals surface area (Å²) in [6.07, 6.45) is 12.4. The number of rotatable bonds is 3. The molecular formula is C12H10N2O. The molecule has 2 rings (SSSR count). The first-order valence-electron chi connectivity index (χ1n) is 4.59. The van der Waals surface area contributed by atoms with Gasteiger partial charge >= 0.3 is 0 Å². The van der Waals surface area contributed by atoms with Crippen molar-refractivity contribution in [3.63, 3.8) is 0 Å². The Morgan fingerprint density at radius 2 is 1.87 bits per heavy atom. The van der Waals surface area contributed by atoms with E-state index in [1.165, 1.54) is 6.39 Å². The molecule has 0 aromatic carbocycles. The lowest BCUT2D eigenvalue weighted by molar-refractivity contribution is 0.557. The van der Waals surface area contributed by atoms with Crippen molar-refractivity contribution in [1.82, 2.24) is 9.97 Å². The third-order valence-electron chi connectivity index (χ3n) is 1.78. The summed E-state index contributed by atoms with van der Waals surface area (Å²) in [4.78, 5) is 8.12. The van der Waals surface area contributed by atoms with E-state index in [4.69, 9.17) is 4.42 Å². The predicted octanol–water partition coefficient (Wildman–Crippen LogP) is 2.80. The van der Waals surface area contributed by atoms with Gasteiger partial charge in [0, 0.05) is 6.20 Å². The molecule has 3 nitrogen and oxygen atoms in total. The average Bonchev–Trinajstić information content (AvgIpc) is 2.79. The van der Waals surface area contributed by atoms with Crippen molar-refractivity contribution in [2.75, 3.05) is 0 Å². The van der Waals surface area contributed by atoms with Crippen LogP contribution in [0, 0.1) is 0 Å². The van der Waals surface area contributed by atoms with Gasteiger partial charge in [0.05, 0.1) is 5.69 Å². The quantitative estimate of drug-likeness (QED) is 0.712. The second kappa shape index (κ2) is 4.91. The Balaban J connectivity index is 1.96. The topological polar surface area (TPSA) is 38.9 Å². The summed E-state index contributed by atoms with van der Waals surface area (Å²) < 4.78 is 4.83. The van der Waals surface area contributed by atoms with Crippen LogP contribution >= 0.6 is 0 Å². The minimum Gasteiger partial charge on any atom is -0.451 e. The number of allylic oxidation sites excluding steroid dienone is 2. The van der Waals surface area contributed by atoms with Gasteiger partial charge in [-0.2, -0.15) is 0 Å². The molecule has 3 heteroatoms. The lowest BCUT2D eigenvalue weighted by Crippen LogP contribution is -1.75. The molecule has 2 aromatic heterocycles. The van der Waals surface area contributed by atoms with Crippen LogP contribution in [0.2, 0.25) is 0 Å². The summed E-state index contributed by atoms with van der Waals surface area (Å²) in [7, 11) is 0. The van der Waals surface area contributed by atoms with E-state index in [0.29, 0.717) is 0 Å². The molecule has 0 radical (unpaired) electrons. The third kappa shape index (κ3) is 2.91. The molecule has 0 aliphatic heterocycles. The van der Waals surface area contributed by atoms with E-state index in [1.807, 2.05) is 42.5 Å². The number of nitrogens with zero attached hydrogens (tertiary/aromatic N) is 2. The molecule has 0 saturated heterocycles. The van der Waals surface area contributed by atoms with Gasteiger partial charge in [-0.05, 0) is 24.3 Å². The molecule has 0 N–H and O–H groups in total. The Hall–Kier alpha value is -2.16. The van der Waals surface area contributed by atoms with Gasteiger partial charge in [0.15, 0.2) is 6.39 Å². The largest absolute Gasteiger partial charge is 0.451 e. The summed E-state index contributed by atoms with van der Waals surface area (Å²) in [5.41, 5.74) is 1.74. The van der Waals surface area contributed by atoms with Crippen LogP contribution in [0.5, 0.6) is 0 Å². The second-order valence-corrected chi connectivity index (χ2v) is 2.89. The zero-order chi connectivity index (χ0) is 10.3. The predicted molar refractivity (Wildman–Crippen MR) is 58.8 cm³/mol. The number of aromatic nitrogens is 2. The van der Waals surface area contributed by atoms with Crippen LogP contribution in [0.15, 0.2) is 53.6 Å². The number of oxazole rings is 1. The Labute approximate surface area is 87.8 Å². The van der Waals surface area contributed by atoms with E-state index >= 15 is 0 Å². The maximum absolute atomic E-state index is 4.83. The van der Waals surface area contributed by atoms with Gasteiger partial charge < -0.3 is 4.42 Å². The maximum Gasteiger partial charge on any atom is 0.181 e. The van der Waals surface area contributed by atoms with Crippen LogP contribution in [-0.4, -0.2) is 9.97 Å². The van der Waals surface area contributed by atoms with Crippen LogP contribution in [0.3, 0.4) is 0 Å². The standard InChI is InChI=1S/C12H10N2O/c1(2-7-12-9-15-10-14-12)5-11-6-3-4-8-13-11/h1-10H/b5-1+,7-2+. The van der Waals surface area contributed by atoms with Crippen molar-refractivity contribution in [3.8, 4) is 0 Å². The van der Waals surface area contributed by atoms with Gasteiger partial charge in [0.2, 0.25) is 0 Å². The molecule has 15 heavy (non-hydrogen) atoms. The second-order valence-electron chi connectivity index (χ2n) is 2.89. The van der Waals surface area contributed by atoms with Gasteiger partial charge in [-0.25, -0.2) is 4.98 Å². The van der Waals surface area contributed by atoms with E-state index in [9.17, 15) is 0 Å². The summed E-state index contributed by atoms with van der Waals surface area (Å²) >= 11 is 0. The molecule has 0 unspecified atom stereocenters. The van der Waals surface area contributed by atoms with Crippen molar-refractivity contribution in [3.05, 3.63) is 60.6 Å². The first-order chi connectivity index (χ1) is 7.45. The molecule has 0 aliphatic rings. The zero-order valence-electron chi connectivity index (χ0n) is 8.08. The van der Waals surface area contributed by atoms with E-state index in [0.717, 1.165) is 11.4 Å². The number of pyridine rings is 1. The highest BCUT2D eigenvalue weighted by Gasteiger charge is 1.85. The monoisotopic (exact) mass is 198 g/mol. The SMILES string of the molecule is C(/C=C/c1cocn1)=C\c1ccccn1. The van der Waals surface area contributed by atoms with Gasteiger partial charge in [0.1, 0.15) is 12.0 Å². The van der Waals surface area contributed by atoms with Gasteiger partial charge in [-0.1, -0.05) is 18.2 Å². The fourth-order valence-corrected chi connectivity index (χ4v) is 1.09. The Kier molecular flexibility index (Phi) is 3.07. The normalized spacial score (nSPS) is 11.5. The summed E-state index contributed by atoms with van der Waals surface area (Å²) in [6, 6.07) is 5.79. The van der Waals surface area contributed by atoms with E-state index in [2.05, 4.69) is 9.97 Å². The van der Waals surface area contributed by atoms with Gasteiger partial charge in [-0.15, -0.1) is 0 Å². The molecule has 0 atom stereocenters. The van der Waals surface area contributed by atoms with E-state index in [1.54, 1.807) is 12.5 Å². The van der Waals surface area contributed by atoms with Crippen LogP contribution in [0.25, 0.3) is 12.2 Å². The smallest absolute Gasteiger partial charge is 0.181 e. The average molecular weight is 198 g/mol. The van der Waals surface area contributed by atoms with Crippen molar-refractivity contribution < 1.29 is 4.42 Å². The summed E-state index contributed by atoms with van der Waals surface area (Å²) in [5.74, 6) is 0. The molecule has 74 valence electrons. The minimum atomic E-state index is 0.806. The molecule has 0 saturated carbocycles. The number of hydrogen-bond acceptors (Lipinski definition) is 3.